The smallest absolute Gasteiger partial charge is 0.276 e. The monoisotopic (exact) mass is 284 g/mol. The standard InChI is InChI=1S/C14H12N4O3/c1-7-9-6-8(2-3-10(9)16-13(7)20)15-14(21)11-4-5-12(19)18-17-11/h2-7H,1H3,(H,15,21)(H,16,20)(H,18,19). The Morgan fingerprint density at radius 1 is 1.24 bits per heavy atom. The lowest BCUT2D eigenvalue weighted by molar-refractivity contribution is -0.116. The van der Waals surface area contributed by atoms with Gasteiger partial charge in [-0.1, -0.05) is 0 Å². The van der Waals surface area contributed by atoms with Gasteiger partial charge in [0, 0.05) is 17.4 Å². The van der Waals surface area contributed by atoms with Crippen molar-refractivity contribution < 1.29 is 9.59 Å². The molecule has 1 aromatic carbocycles. The molecule has 2 amide bonds. The fourth-order valence-electron chi connectivity index (χ4n) is 2.16. The lowest BCUT2D eigenvalue weighted by Crippen LogP contribution is -2.17. The molecule has 2 aromatic rings. The number of fused-ring (bicyclic) bond motifs is 1. The Balaban J connectivity index is 1.83. The summed E-state index contributed by atoms with van der Waals surface area (Å²) in [6, 6.07) is 7.76. The van der Waals surface area contributed by atoms with Crippen molar-refractivity contribution in [3.05, 3.63) is 51.9 Å². The summed E-state index contributed by atoms with van der Waals surface area (Å²) in [5.41, 5.74) is 1.90. The molecule has 0 bridgehead atoms. The number of hydrogen-bond acceptors (Lipinski definition) is 4. The lowest BCUT2D eigenvalue weighted by Gasteiger charge is -2.07. The van der Waals surface area contributed by atoms with Crippen molar-refractivity contribution in [1.82, 2.24) is 10.2 Å². The van der Waals surface area contributed by atoms with Crippen LogP contribution < -0.4 is 16.2 Å². The predicted molar refractivity (Wildman–Crippen MR) is 76.3 cm³/mol. The molecule has 1 aliphatic rings. The number of carbonyl (C=O) groups is 2. The van der Waals surface area contributed by atoms with E-state index in [1.165, 1.54) is 12.1 Å². The normalized spacial score (nSPS) is 16.2. The van der Waals surface area contributed by atoms with Gasteiger partial charge >= 0.3 is 0 Å². The van der Waals surface area contributed by atoms with Gasteiger partial charge in [-0.15, -0.1) is 0 Å². The number of aromatic amines is 1. The molecule has 1 atom stereocenters. The number of amides is 2. The van der Waals surface area contributed by atoms with Crippen LogP contribution in [0.4, 0.5) is 11.4 Å². The van der Waals surface area contributed by atoms with Crippen LogP contribution in [0, 0.1) is 0 Å². The molecule has 106 valence electrons. The quantitative estimate of drug-likeness (QED) is 0.767. The third-order valence-electron chi connectivity index (χ3n) is 3.34. The van der Waals surface area contributed by atoms with Crippen molar-refractivity contribution in [3.63, 3.8) is 0 Å². The molecule has 1 aliphatic heterocycles. The first-order chi connectivity index (χ1) is 10.0. The van der Waals surface area contributed by atoms with E-state index in [1.807, 2.05) is 0 Å². The van der Waals surface area contributed by atoms with E-state index in [9.17, 15) is 14.4 Å². The molecule has 3 N–H and O–H groups in total. The highest BCUT2D eigenvalue weighted by Gasteiger charge is 2.26. The van der Waals surface area contributed by atoms with E-state index < -0.39 is 5.91 Å². The first-order valence-corrected chi connectivity index (χ1v) is 6.36. The number of aromatic nitrogens is 2. The van der Waals surface area contributed by atoms with E-state index >= 15 is 0 Å². The molecule has 3 rings (SSSR count). The Morgan fingerprint density at radius 3 is 2.76 bits per heavy atom. The number of hydrogen-bond donors (Lipinski definition) is 3. The molecule has 1 aromatic heterocycles. The molecule has 0 fully saturated rings. The molecule has 0 radical (unpaired) electrons. The molecule has 7 nitrogen and oxygen atoms in total. The first-order valence-electron chi connectivity index (χ1n) is 6.36. The number of H-pyrrole nitrogens is 1. The Kier molecular flexibility index (Phi) is 3.02. The minimum absolute atomic E-state index is 0.0595. The zero-order valence-corrected chi connectivity index (χ0v) is 11.1. The average molecular weight is 284 g/mol. The largest absolute Gasteiger partial charge is 0.325 e. The van der Waals surface area contributed by atoms with Crippen LogP contribution >= 0.6 is 0 Å². The molecule has 0 aliphatic carbocycles. The topological polar surface area (TPSA) is 104 Å². The van der Waals surface area contributed by atoms with Gasteiger partial charge < -0.3 is 10.6 Å². The highest BCUT2D eigenvalue weighted by molar-refractivity contribution is 6.05. The summed E-state index contributed by atoms with van der Waals surface area (Å²) < 4.78 is 0. The number of nitrogens with zero attached hydrogens (tertiary/aromatic N) is 1. The maximum atomic E-state index is 12.0. The first kappa shape index (κ1) is 13.0. The van der Waals surface area contributed by atoms with Gasteiger partial charge in [-0.3, -0.25) is 14.4 Å². The summed E-state index contributed by atoms with van der Waals surface area (Å²) in [7, 11) is 0. The minimum atomic E-state index is -0.434. The van der Waals surface area contributed by atoms with Gasteiger partial charge in [0.2, 0.25) is 5.91 Å². The summed E-state index contributed by atoms with van der Waals surface area (Å²) in [6.45, 7) is 1.80. The van der Waals surface area contributed by atoms with Crippen molar-refractivity contribution in [2.24, 2.45) is 0 Å². The van der Waals surface area contributed by atoms with Crippen molar-refractivity contribution in [2.75, 3.05) is 10.6 Å². The highest BCUT2D eigenvalue weighted by atomic mass is 16.2. The van der Waals surface area contributed by atoms with Gasteiger partial charge in [0.15, 0.2) is 0 Å². The summed E-state index contributed by atoms with van der Waals surface area (Å²) in [6.07, 6.45) is 0. The Hall–Kier alpha value is -2.96. The minimum Gasteiger partial charge on any atom is -0.325 e. The van der Waals surface area contributed by atoms with Crippen molar-refractivity contribution in [3.8, 4) is 0 Å². The van der Waals surface area contributed by atoms with Gasteiger partial charge in [-0.05, 0) is 36.8 Å². The summed E-state index contributed by atoms with van der Waals surface area (Å²) in [5.74, 6) is -0.741. The van der Waals surface area contributed by atoms with E-state index in [1.54, 1.807) is 25.1 Å². The zero-order valence-electron chi connectivity index (χ0n) is 11.1. The van der Waals surface area contributed by atoms with Gasteiger partial charge in [-0.25, -0.2) is 5.10 Å². The van der Waals surface area contributed by atoms with Crippen LogP contribution in [0.1, 0.15) is 28.9 Å². The Bertz CT molecular complexity index is 777. The number of benzene rings is 1. The van der Waals surface area contributed by atoms with Gasteiger partial charge in [0.1, 0.15) is 5.69 Å². The third-order valence-corrected chi connectivity index (χ3v) is 3.34. The van der Waals surface area contributed by atoms with E-state index in [4.69, 9.17) is 0 Å². The number of carbonyl (C=O) groups excluding carboxylic acids is 2. The third kappa shape index (κ3) is 2.40. The maximum absolute atomic E-state index is 12.0. The second-order valence-corrected chi connectivity index (χ2v) is 4.77. The molecular formula is C14H12N4O3. The molecule has 21 heavy (non-hydrogen) atoms. The SMILES string of the molecule is CC1C(=O)Nc2ccc(NC(=O)c3ccc(=O)[nH]n3)cc21. The van der Waals surface area contributed by atoms with Gasteiger partial charge in [0.25, 0.3) is 11.5 Å². The average Bonchev–Trinajstić information content (AvgIpc) is 2.75. The molecule has 7 heteroatoms. The van der Waals surface area contributed by atoms with Crippen molar-refractivity contribution >= 4 is 23.2 Å². The highest BCUT2D eigenvalue weighted by Crippen LogP contribution is 2.34. The van der Waals surface area contributed by atoms with Crippen LogP contribution in [-0.4, -0.2) is 22.0 Å². The number of nitrogens with one attached hydrogen (secondary N) is 3. The molecule has 0 spiro atoms. The van der Waals surface area contributed by atoms with E-state index in [0.29, 0.717) is 5.69 Å². The zero-order chi connectivity index (χ0) is 15.0. The summed E-state index contributed by atoms with van der Waals surface area (Å²) in [4.78, 5) is 34.5. The fourth-order valence-corrected chi connectivity index (χ4v) is 2.16. The van der Waals surface area contributed by atoms with Crippen molar-refractivity contribution in [1.29, 1.82) is 0 Å². The van der Waals surface area contributed by atoms with Crippen LogP contribution in [-0.2, 0) is 4.79 Å². The predicted octanol–water partition coefficient (Wildman–Crippen LogP) is 1.08. The Morgan fingerprint density at radius 2 is 2.05 bits per heavy atom. The maximum Gasteiger partial charge on any atom is 0.276 e. The molecule has 0 saturated heterocycles. The second kappa shape index (κ2) is 4.86. The van der Waals surface area contributed by atoms with Crippen LogP contribution in [0.3, 0.4) is 0 Å². The van der Waals surface area contributed by atoms with E-state index in [2.05, 4.69) is 20.8 Å². The van der Waals surface area contributed by atoms with Crippen LogP contribution in [0.25, 0.3) is 0 Å². The Labute approximate surface area is 119 Å². The number of rotatable bonds is 2. The van der Waals surface area contributed by atoms with Crippen LogP contribution in [0.2, 0.25) is 0 Å². The van der Waals surface area contributed by atoms with Crippen LogP contribution in [0.15, 0.2) is 35.1 Å². The lowest BCUT2D eigenvalue weighted by atomic mass is 10.0. The van der Waals surface area contributed by atoms with E-state index in [0.717, 1.165) is 11.3 Å². The van der Waals surface area contributed by atoms with Crippen LogP contribution in [0.5, 0.6) is 0 Å². The van der Waals surface area contributed by atoms with E-state index in [-0.39, 0.29) is 23.1 Å². The molecule has 1 unspecified atom stereocenters. The molecule has 2 heterocycles. The summed E-state index contributed by atoms with van der Waals surface area (Å²) >= 11 is 0. The molecule has 0 saturated carbocycles. The van der Waals surface area contributed by atoms with Gasteiger partial charge in [0.05, 0.1) is 5.92 Å². The molecular weight excluding hydrogens is 272 g/mol. The second-order valence-electron chi connectivity index (χ2n) is 4.77. The van der Waals surface area contributed by atoms with Gasteiger partial charge in [-0.2, -0.15) is 5.10 Å². The number of anilines is 2. The summed E-state index contributed by atoms with van der Waals surface area (Å²) in [5, 5.41) is 11.3. The van der Waals surface area contributed by atoms with Crippen molar-refractivity contribution in [2.45, 2.75) is 12.8 Å². The fraction of sp³-hybridized carbons (Fsp3) is 0.143.